The zero-order valence-electron chi connectivity index (χ0n) is 11.5. The van der Waals surface area contributed by atoms with Gasteiger partial charge in [0.15, 0.2) is 5.16 Å². The summed E-state index contributed by atoms with van der Waals surface area (Å²) in [6, 6.07) is 5.40. The summed E-state index contributed by atoms with van der Waals surface area (Å²) in [7, 11) is 0. The van der Waals surface area contributed by atoms with Gasteiger partial charge < -0.3 is 4.90 Å². The third kappa shape index (κ3) is 3.54. The average molecular weight is 288 g/mol. The fraction of sp³-hybridized carbons (Fsp3) is 0.286. The highest BCUT2D eigenvalue weighted by atomic mass is 32.2. The molecule has 0 aliphatic rings. The maximum atomic E-state index is 12.2. The summed E-state index contributed by atoms with van der Waals surface area (Å²) in [5, 5.41) is 0.653. The fourth-order valence-electron chi connectivity index (χ4n) is 1.71. The van der Waals surface area contributed by atoms with Gasteiger partial charge in [0.05, 0.1) is 0 Å². The minimum absolute atomic E-state index is 0.0496. The van der Waals surface area contributed by atoms with Gasteiger partial charge in [-0.1, -0.05) is 0 Å². The van der Waals surface area contributed by atoms with Gasteiger partial charge in [-0.15, -0.1) is 0 Å². The van der Waals surface area contributed by atoms with E-state index in [1.807, 2.05) is 19.9 Å². The van der Waals surface area contributed by atoms with E-state index in [1.54, 1.807) is 35.6 Å². The number of pyridine rings is 1. The molecule has 0 aromatic carbocycles. The molecule has 0 fully saturated rings. The zero-order chi connectivity index (χ0) is 14.4. The van der Waals surface area contributed by atoms with Gasteiger partial charge in [-0.2, -0.15) is 0 Å². The van der Waals surface area contributed by atoms with Gasteiger partial charge in [-0.05, 0) is 43.8 Å². The van der Waals surface area contributed by atoms with E-state index >= 15 is 0 Å². The Morgan fingerprint density at radius 3 is 2.50 bits per heavy atom. The topological polar surface area (TPSA) is 59.0 Å². The number of nitrogens with zero attached hydrogens (tertiary/aromatic N) is 4. The molecular weight excluding hydrogens is 272 g/mol. The first kappa shape index (κ1) is 14.5. The van der Waals surface area contributed by atoms with Crippen molar-refractivity contribution in [3.63, 3.8) is 0 Å². The third-order valence-electron chi connectivity index (χ3n) is 2.75. The molecule has 2 rings (SSSR count). The minimum Gasteiger partial charge on any atom is -0.338 e. The molecule has 1 amide bonds. The number of hydrogen-bond acceptors (Lipinski definition) is 5. The number of carbonyl (C=O) groups is 1. The smallest absolute Gasteiger partial charge is 0.272 e. The van der Waals surface area contributed by atoms with Crippen LogP contribution in [0.15, 0.2) is 46.8 Å². The van der Waals surface area contributed by atoms with Gasteiger partial charge in [-0.3, -0.25) is 9.78 Å². The van der Waals surface area contributed by atoms with Crippen molar-refractivity contribution in [3.05, 3.63) is 42.5 Å². The van der Waals surface area contributed by atoms with Crippen LogP contribution in [0.2, 0.25) is 0 Å². The Morgan fingerprint density at radius 2 is 1.85 bits per heavy atom. The standard InChI is InChI=1S/C14H16N4OS/c1-3-18(4-2)13(19)12-10-11(6-9-15-12)20-14-16-7-5-8-17-14/h5-10H,3-4H2,1-2H3. The Bertz CT molecular complexity index is 572. The van der Waals surface area contributed by atoms with Crippen LogP contribution in [0.3, 0.4) is 0 Å². The fourth-order valence-corrected chi connectivity index (χ4v) is 2.45. The molecule has 6 heteroatoms. The van der Waals surface area contributed by atoms with Crippen LogP contribution >= 0.6 is 11.8 Å². The van der Waals surface area contributed by atoms with E-state index in [9.17, 15) is 4.79 Å². The SMILES string of the molecule is CCN(CC)C(=O)c1cc(Sc2ncccn2)ccn1. The molecule has 5 nitrogen and oxygen atoms in total. The van der Waals surface area contributed by atoms with Crippen molar-refractivity contribution in [1.29, 1.82) is 0 Å². The van der Waals surface area contributed by atoms with E-state index in [0.717, 1.165) is 4.90 Å². The number of carbonyl (C=O) groups excluding carboxylic acids is 1. The maximum absolute atomic E-state index is 12.2. The predicted octanol–water partition coefficient (Wildman–Crippen LogP) is 2.50. The zero-order valence-corrected chi connectivity index (χ0v) is 12.3. The summed E-state index contributed by atoms with van der Waals surface area (Å²) in [4.78, 5) is 27.3. The number of hydrogen-bond donors (Lipinski definition) is 0. The second kappa shape index (κ2) is 7.00. The lowest BCUT2D eigenvalue weighted by molar-refractivity contribution is 0.0767. The molecule has 0 bridgehead atoms. The molecule has 0 aliphatic carbocycles. The maximum Gasteiger partial charge on any atom is 0.272 e. The van der Waals surface area contributed by atoms with Gasteiger partial charge in [0.1, 0.15) is 5.69 Å². The van der Waals surface area contributed by atoms with Crippen molar-refractivity contribution in [2.45, 2.75) is 23.9 Å². The first-order chi connectivity index (χ1) is 9.74. The molecule has 0 atom stereocenters. The van der Waals surface area contributed by atoms with Crippen molar-refractivity contribution in [3.8, 4) is 0 Å². The van der Waals surface area contributed by atoms with E-state index < -0.39 is 0 Å². The molecule has 0 radical (unpaired) electrons. The third-order valence-corrected chi connectivity index (χ3v) is 3.64. The summed E-state index contributed by atoms with van der Waals surface area (Å²) >= 11 is 1.41. The lowest BCUT2D eigenvalue weighted by Crippen LogP contribution is -2.31. The van der Waals surface area contributed by atoms with Crippen molar-refractivity contribution < 1.29 is 4.79 Å². The molecular formula is C14H16N4OS. The lowest BCUT2D eigenvalue weighted by atomic mass is 10.3. The Balaban J connectivity index is 2.18. The molecule has 0 saturated heterocycles. The molecule has 20 heavy (non-hydrogen) atoms. The first-order valence-corrected chi connectivity index (χ1v) is 7.26. The number of rotatable bonds is 5. The minimum atomic E-state index is -0.0496. The van der Waals surface area contributed by atoms with Gasteiger partial charge in [0.2, 0.25) is 0 Å². The summed E-state index contributed by atoms with van der Waals surface area (Å²) in [5.74, 6) is -0.0496. The molecule has 104 valence electrons. The molecule has 0 N–H and O–H groups in total. The Morgan fingerprint density at radius 1 is 1.15 bits per heavy atom. The van der Waals surface area contributed by atoms with Gasteiger partial charge in [-0.25, -0.2) is 9.97 Å². The summed E-state index contributed by atoms with van der Waals surface area (Å²) < 4.78 is 0. The lowest BCUT2D eigenvalue weighted by Gasteiger charge is -2.18. The van der Waals surface area contributed by atoms with Crippen LogP contribution in [0.4, 0.5) is 0 Å². The van der Waals surface area contributed by atoms with Crippen LogP contribution in [-0.2, 0) is 0 Å². The predicted molar refractivity (Wildman–Crippen MR) is 77.6 cm³/mol. The van der Waals surface area contributed by atoms with E-state index in [1.165, 1.54) is 11.8 Å². The second-order valence-corrected chi connectivity index (χ2v) is 5.03. The highest BCUT2D eigenvalue weighted by Crippen LogP contribution is 2.24. The second-order valence-electron chi connectivity index (χ2n) is 3.99. The summed E-state index contributed by atoms with van der Waals surface area (Å²) in [6.45, 7) is 5.27. The van der Waals surface area contributed by atoms with Crippen LogP contribution in [0.5, 0.6) is 0 Å². The van der Waals surface area contributed by atoms with Crippen molar-refractivity contribution >= 4 is 17.7 Å². The monoisotopic (exact) mass is 288 g/mol. The van der Waals surface area contributed by atoms with Gasteiger partial charge >= 0.3 is 0 Å². The molecule has 0 saturated carbocycles. The number of aromatic nitrogens is 3. The molecule has 0 aliphatic heterocycles. The highest BCUT2D eigenvalue weighted by Gasteiger charge is 2.14. The Kier molecular flexibility index (Phi) is 5.06. The molecule has 2 heterocycles. The van der Waals surface area contributed by atoms with Crippen LogP contribution in [0.25, 0.3) is 0 Å². The van der Waals surface area contributed by atoms with Crippen molar-refractivity contribution in [2.75, 3.05) is 13.1 Å². The average Bonchev–Trinajstić information content (AvgIpc) is 2.49. The van der Waals surface area contributed by atoms with E-state index in [2.05, 4.69) is 15.0 Å². The van der Waals surface area contributed by atoms with Crippen LogP contribution < -0.4 is 0 Å². The highest BCUT2D eigenvalue weighted by molar-refractivity contribution is 7.99. The van der Waals surface area contributed by atoms with Crippen LogP contribution in [0.1, 0.15) is 24.3 Å². The van der Waals surface area contributed by atoms with Gasteiger partial charge in [0.25, 0.3) is 5.91 Å². The molecule has 2 aromatic rings. The molecule has 0 unspecified atom stereocenters. The summed E-state index contributed by atoms with van der Waals surface area (Å²) in [6.07, 6.45) is 5.03. The summed E-state index contributed by atoms with van der Waals surface area (Å²) in [5.41, 5.74) is 0.453. The van der Waals surface area contributed by atoms with Gasteiger partial charge in [0, 0.05) is 36.6 Å². The number of amides is 1. The quantitative estimate of drug-likeness (QED) is 0.791. The van der Waals surface area contributed by atoms with E-state index in [4.69, 9.17) is 0 Å². The van der Waals surface area contributed by atoms with E-state index in [0.29, 0.717) is 23.9 Å². The van der Waals surface area contributed by atoms with E-state index in [-0.39, 0.29) is 5.91 Å². The van der Waals surface area contributed by atoms with Crippen molar-refractivity contribution in [1.82, 2.24) is 19.9 Å². The molecule has 2 aromatic heterocycles. The largest absolute Gasteiger partial charge is 0.338 e. The van der Waals surface area contributed by atoms with Crippen molar-refractivity contribution in [2.24, 2.45) is 0 Å². The van der Waals surface area contributed by atoms with Crippen LogP contribution in [0, 0.1) is 0 Å². The Labute approximate surface area is 122 Å². The normalized spacial score (nSPS) is 10.3. The molecule has 0 spiro atoms. The Hall–Kier alpha value is -1.95. The first-order valence-electron chi connectivity index (χ1n) is 6.44. The van der Waals surface area contributed by atoms with Crippen LogP contribution in [-0.4, -0.2) is 38.8 Å².